The molecule has 0 bridgehead atoms. The zero-order valence-corrected chi connectivity index (χ0v) is 18.1. The van der Waals surface area contributed by atoms with Crippen LogP contribution in [-0.2, 0) is 11.3 Å². The van der Waals surface area contributed by atoms with Gasteiger partial charge in [-0.05, 0) is 57.0 Å². The van der Waals surface area contributed by atoms with E-state index in [2.05, 4.69) is 18.7 Å². The van der Waals surface area contributed by atoms with Gasteiger partial charge in [0.2, 0.25) is 5.91 Å². The van der Waals surface area contributed by atoms with E-state index in [1.54, 1.807) is 11.8 Å². The number of rotatable bonds is 2. The predicted octanol–water partition coefficient (Wildman–Crippen LogP) is 3.03. The summed E-state index contributed by atoms with van der Waals surface area (Å²) in [5, 5.41) is 9.53. The molecule has 2 aliphatic rings. The molecule has 2 heterocycles. The molecule has 1 saturated heterocycles. The van der Waals surface area contributed by atoms with Crippen molar-refractivity contribution in [2.45, 2.75) is 71.6 Å². The summed E-state index contributed by atoms with van der Waals surface area (Å²) in [5.74, 6) is -0.000892. The number of nitrogens with zero attached hydrogens (tertiary/aromatic N) is 3. The van der Waals surface area contributed by atoms with E-state index in [-0.39, 0.29) is 11.8 Å². The Labute approximate surface area is 174 Å². The average molecular weight is 402 g/mol. The molecular weight excluding hydrogens is 366 g/mol. The molecule has 0 unspecified atom stereocenters. The highest BCUT2D eigenvalue weighted by Crippen LogP contribution is 2.27. The van der Waals surface area contributed by atoms with E-state index in [1.807, 2.05) is 23.1 Å². The van der Waals surface area contributed by atoms with Crippen LogP contribution < -0.4 is 4.90 Å². The number of anilines is 1. The minimum atomic E-state index is -0.409. The van der Waals surface area contributed by atoms with Crippen LogP contribution in [0.2, 0.25) is 0 Å². The summed E-state index contributed by atoms with van der Waals surface area (Å²) in [4.78, 5) is 31.2. The van der Waals surface area contributed by atoms with Crippen molar-refractivity contribution in [3.8, 4) is 0 Å². The number of aliphatic hydroxyl groups excluding tert-OH is 1. The zero-order chi connectivity index (χ0) is 21.0. The molecule has 0 saturated carbocycles. The number of fused-ring (bicyclic) bond motifs is 1. The van der Waals surface area contributed by atoms with Gasteiger partial charge < -0.3 is 14.9 Å². The Bertz CT molecular complexity index is 728. The average Bonchev–Trinajstić information content (AvgIpc) is 2.64. The first-order chi connectivity index (χ1) is 13.9. The fraction of sp³-hybridized carbons (Fsp3) is 0.652. The van der Waals surface area contributed by atoms with E-state index >= 15 is 0 Å². The first-order valence-corrected chi connectivity index (χ1v) is 11.0. The van der Waals surface area contributed by atoms with Gasteiger partial charge in [0.1, 0.15) is 0 Å². The number of carbonyl (C=O) groups is 2. The summed E-state index contributed by atoms with van der Waals surface area (Å²) in [7, 11) is 0. The molecule has 0 spiro atoms. The number of aliphatic hydroxyl groups is 1. The van der Waals surface area contributed by atoms with Gasteiger partial charge in [0.25, 0.3) is 5.91 Å². The predicted molar refractivity (Wildman–Crippen MR) is 115 cm³/mol. The molecule has 6 nitrogen and oxygen atoms in total. The van der Waals surface area contributed by atoms with E-state index in [1.165, 1.54) is 19.3 Å². The van der Waals surface area contributed by atoms with Crippen LogP contribution in [0.1, 0.15) is 68.8 Å². The van der Waals surface area contributed by atoms with E-state index in [4.69, 9.17) is 0 Å². The molecule has 2 amide bonds. The zero-order valence-electron chi connectivity index (χ0n) is 18.1. The quantitative estimate of drug-likeness (QED) is 0.827. The number of benzene rings is 1. The molecule has 1 aromatic rings. The third kappa shape index (κ3) is 5.37. The summed E-state index contributed by atoms with van der Waals surface area (Å²) in [6, 6.07) is 6.11. The van der Waals surface area contributed by atoms with Gasteiger partial charge in [-0.25, -0.2) is 0 Å². The largest absolute Gasteiger partial charge is 0.389 e. The van der Waals surface area contributed by atoms with Crippen molar-refractivity contribution in [1.29, 1.82) is 0 Å². The van der Waals surface area contributed by atoms with Gasteiger partial charge in [-0.3, -0.25) is 14.5 Å². The number of amides is 2. The molecule has 0 radical (unpaired) electrons. The molecule has 0 atom stereocenters. The van der Waals surface area contributed by atoms with E-state index < -0.39 is 6.10 Å². The molecule has 1 N–H and O–H groups in total. The summed E-state index contributed by atoms with van der Waals surface area (Å²) in [5.41, 5.74) is 2.58. The Morgan fingerprint density at radius 2 is 1.69 bits per heavy atom. The highest BCUT2D eigenvalue weighted by Gasteiger charge is 2.30. The van der Waals surface area contributed by atoms with Crippen LogP contribution in [0.5, 0.6) is 0 Å². The Hall–Kier alpha value is -1.92. The molecule has 1 aromatic carbocycles. The summed E-state index contributed by atoms with van der Waals surface area (Å²) in [6.45, 7) is 9.27. The fourth-order valence-corrected chi connectivity index (χ4v) is 4.21. The van der Waals surface area contributed by atoms with Crippen molar-refractivity contribution in [3.05, 3.63) is 29.3 Å². The maximum absolute atomic E-state index is 12.8. The van der Waals surface area contributed by atoms with Crippen LogP contribution in [0.4, 0.5) is 5.69 Å². The van der Waals surface area contributed by atoms with Crippen molar-refractivity contribution in [2.75, 3.05) is 31.1 Å². The standard InChI is InChI=1S/C23H35N3O3/c1-17(2)24-11-7-5-4-6-8-12-26(18(3)27)22-10-9-19(13-20(22)14-24)23(29)25-15-21(28)16-25/h9-10,13,17,21,28H,4-8,11-12,14-16H2,1-3H3. The number of likely N-dealkylation sites (tertiary alicyclic amines) is 1. The monoisotopic (exact) mass is 401 g/mol. The lowest BCUT2D eigenvalue weighted by Gasteiger charge is -2.36. The van der Waals surface area contributed by atoms with Crippen LogP contribution >= 0.6 is 0 Å². The minimum Gasteiger partial charge on any atom is -0.389 e. The first-order valence-electron chi connectivity index (χ1n) is 11.0. The third-order valence-electron chi connectivity index (χ3n) is 6.08. The Balaban J connectivity index is 1.95. The first kappa shape index (κ1) is 21.8. The number of hydrogen-bond donors (Lipinski definition) is 1. The van der Waals surface area contributed by atoms with Crippen LogP contribution in [0.15, 0.2) is 18.2 Å². The number of carbonyl (C=O) groups excluding carboxylic acids is 2. The van der Waals surface area contributed by atoms with Crippen molar-refractivity contribution < 1.29 is 14.7 Å². The summed E-state index contributed by atoms with van der Waals surface area (Å²) >= 11 is 0. The molecule has 1 fully saturated rings. The van der Waals surface area contributed by atoms with Crippen LogP contribution in [0.25, 0.3) is 0 Å². The van der Waals surface area contributed by atoms with Crippen molar-refractivity contribution >= 4 is 17.5 Å². The molecule has 2 aliphatic heterocycles. The fourth-order valence-electron chi connectivity index (χ4n) is 4.21. The van der Waals surface area contributed by atoms with Gasteiger partial charge in [0.15, 0.2) is 0 Å². The topological polar surface area (TPSA) is 64.1 Å². The van der Waals surface area contributed by atoms with Gasteiger partial charge in [0.05, 0.1) is 6.10 Å². The van der Waals surface area contributed by atoms with E-state index in [9.17, 15) is 14.7 Å². The lowest BCUT2D eigenvalue weighted by Crippen LogP contribution is -2.53. The molecule has 0 aromatic heterocycles. The summed E-state index contributed by atoms with van der Waals surface area (Å²) in [6.07, 6.45) is 5.32. The van der Waals surface area contributed by atoms with Gasteiger partial charge in [0, 0.05) is 50.4 Å². The smallest absolute Gasteiger partial charge is 0.254 e. The highest BCUT2D eigenvalue weighted by molar-refractivity contribution is 5.97. The Morgan fingerprint density at radius 1 is 1.03 bits per heavy atom. The summed E-state index contributed by atoms with van der Waals surface area (Å²) < 4.78 is 0. The van der Waals surface area contributed by atoms with Crippen LogP contribution in [0.3, 0.4) is 0 Å². The van der Waals surface area contributed by atoms with Gasteiger partial charge in [-0.1, -0.05) is 19.3 Å². The van der Waals surface area contributed by atoms with Gasteiger partial charge >= 0.3 is 0 Å². The lowest BCUT2D eigenvalue weighted by molar-refractivity contribution is -0.116. The number of β-amino-alcohol motifs (C(OH)–C–C–N with tert-alkyl or cyclic N) is 1. The van der Waals surface area contributed by atoms with Crippen LogP contribution in [-0.4, -0.2) is 65.0 Å². The maximum Gasteiger partial charge on any atom is 0.254 e. The Kier molecular flexibility index (Phi) is 7.30. The maximum atomic E-state index is 12.8. The van der Waals surface area contributed by atoms with Gasteiger partial charge in [-0.2, -0.15) is 0 Å². The lowest BCUT2D eigenvalue weighted by atomic mass is 10.0. The second kappa shape index (κ2) is 9.72. The second-order valence-electron chi connectivity index (χ2n) is 8.71. The van der Waals surface area contributed by atoms with Crippen molar-refractivity contribution in [1.82, 2.24) is 9.80 Å². The third-order valence-corrected chi connectivity index (χ3v) is 6.08. The molecule has 6 heteroatoms. The van der Waals surface area contributed by atoms with Crippen molar-refractivity contribution in [2.24, 2.45) is 0 Å². The molecule has 160 valence electrons. The molecule has 0 aliphatic carbocycles. The Morgan fingerprint density at radius 3 is 2.31 bits per heavy atom. The van der Waals surface area contributed by atoms with Gasteiger partial charge in [-0.15, -0.1) is 0 Å². The second-order valence-corrected chi connectivity index (χ2v) is 8.71. The van der Waals surface area contributed by atoms with Crippen LogP contribution in [0, 0.1) is 0 Å². The number of hydrogen-bond acceptors (Lipinski definition) is 4. The highest BCUT2D eigenvalue weighted by atomic mass is 16.3. The normalized spacial score (nSPS) is 19.9. The SMILES string of the molecule is CC(=O)N1CCCCCCCN(C(C)C)Cc2cc(C(=O)N3CC(O)C3)ccc21. The molecular formula is C23H35N3O3. The molecule has 29 heavy (non-hydrogen) atoms. The van der Waals surface area contributed by atoms with E-state index in [0.29, 0.717) is 24.7 Å². The van der Waals surface area contributed by atoms with E-state index in [0.717, 1.165) is 43.7 Å². The minimum absolute atomic E-state index is 0.0457. The van der Waals surface area contributed by atoms with Crippen molar-refractivity contribution in [3.63, 3.8) is 0 Å². The molecule has 3 rings (SSSR count).